The molecule has 1 aromatic rings. The van der Waals surface area contributed by atoms with Gasteiger partial charge in [-0.1, -0.05) is 13.8 Å². The van der Waals surface area contributed by atoms with E-state index in [-0.39, 0.29) is 6.04 Å². The fourth-order valence-electron chi connectivity index (χ4n) is 1.55. The number of esters is 1. The van der Waals surface area contributed by atoms with Crippen molar-refractivity contribution >= 4 is 5.97 Å². The van der Waals surface area contributed by atoms with Crippen molar-refractivity contribution in [3.63, 3.8) is 0 Å². The molecule has 5 heteroatoms. The summed E-state index contributed by atoms with van der Waals surface area (Å²) in [5, 5.41) is 4.26. The first-order valence-corrected chi connectivity index (χ1v) is 5.68. The number of carbonyl (C=O) groups excluding carboxylic acids is 1. The zero-order valence-electron chi connectivity index (χ0n) is 11.1. The second-order valence-electron chi connectivity index (χ2n) is 5.03. The zero-order chi connectivity index (χ0) is 13.2. The number of ether oxygens (including phenoxy) is 1. The van der Waals surface area contributed by atoms with Crippen LogP contribution < -0.4 is 5.73 Å². The summed E-state index contributed by atoms with van der Waals surface area (Å²) >= 11 is 0. The zero-order valence-corrected chi connectivity index (χ0v) is 11.1. The molecule has 17 heavy (non-hydrogen) atoms. The number of methoxy groups -OCH3 is 1. The maximum atomic E-state index is 11.5. The Morgan fingerprint density at radius 3 is 2.53 bits per heavy atom. The Labute approximate surface area is 102 Å². The molecule has 0 fully saturated rings. The maximum absolute atomic E-state index is 11.5. The van der Waals surface area contributed by atoms with Gasteiger partial charge in [0.15, 0.2) is 0 Å². The van der Waals surface area contributed by atoms with E-state index in [9.17, 15) is 4.79 Å². The SMILES string of the molecule is COC(=O)C(N)C(C)(C)c1cnn(C(C)C)c1. The second-order valence-corrected chi connectivity index (χ2v) is 5.03. The fourth-order valence-corrected chi connectivity index (χ4v) is 1.55. The maximum Gasteiger partial charge on any atom is 0.323 e. The van der Waals surface area contributed by atoms with Gasteiger partial charge in [-0.25, -0.2) is 0 Å². The van der Waals surface area contributed by atoms with E-state index in [1.54, 1.807) is 6.20 Å². The van der Waals surface area contributed by atoms with Gasteiger partial charge in [0.1, 0.15) is 6.04 Å². The van der Waals surface area contributed by atoms with Crippen molar-refractivity contribution in [2.75, 3.05) is 7.11 Å². The molecule has 0 bridgehead atoms. The lowest BCUT2D eigenvalue weighted by atomic mass is 9.80. The molecule has 0 amide bonds. The minimum atomic E-state index is -0.697. The van der Waals surface area contributed by atoms with Crippen LogP contribution in [0.2, 0.25) is 0 Å². The average Bonchev–Trinajstić information content (AvgIpc) is 2.76. The van der Waals surface area contributed by atoms with Crippen LogP contribution in [-0.2, 0) is 14.9 Å². The minimum Gasteiger partial charge on any atom is -0.468 e. The highest BCUT2D eigenvalue weighted by atomic mass is 16.5. The predicted octanol–water partition coefficient (Wildman–Crippen LogP) is 1.24. The van der Waals surface area contributed by atoms with Gasteiger partial charge in [0.25, 0.3) is 0 Å². The third kappa shape index (κ3) is 2.66. The average molecular weight is 239 g/mol. The predicted molar refractivity (Wildman–Crippen MR) is 65.6 cm³/mol. The lowest BCUT2D eigenvalue weighted by molar-refractivity contribution is -0.143. The van der Waals surface area contributed by atoms with E-state index >= 15 is 0 Å². The van der Waals surface area contributed by atoms with Crippen LogP contribution in [0.1, 0.15) is 39.3 Å². The van der Waals surface area contributed by atoms with Crippen LogP contribution in [0.25, 0.3) is 0 Å². The van der Waals surface area contributed by atoms with E-state index in [0.717, 1.165) is 5.56 Å². The Bertz CT molecular complexity index is 396. The van der Waals surface area contributed by atoms with E-state index in [1.807, 2.05) is 38.6 Å². The molecular weight excluding hydrogens is 218 g/mol. The molecule has 1 rings (SSSR count). The van der Waals surface area contributed by atoms with Gasteiger partial charge in [0.2, 0.25) is 0 Å². The third-order valence-electron chi connectivity index (χ3n) is 3.11. The number of nitrogens with two attached hydrogens (primary N) is 1. The van der Waals surface area contributed by atoms with Crippen molar-refractivity contribution in [2.24, 2.45) is 5.73 Å². The largest absolute Gasteiger partial charge is 0.468 e. The van der Waals surface area contributed by atoms with Crippen LogP contribution in [0, 0.1) is 0 Å². The molecule has 1 atom stereocenters. The number of hydrogen-bond donors (Lipinski definition) is 1. The summed E-state index contributed by atoms with van der Waals surface area (Å²) in [4.78, 5) is 11.5. The highest BCUT2D eigenvalue weighted by Gasteiger charge is 2.35. The highest BCUT2D eigenvalue weighted by molar-refractivity contribution is 5.77. The molecule has 0 aliphatic heterocycles. The summed E-state index contributed by atoms with van der Waals surface area (Å²) in [5.74, 6) is -0.410. The lowest BCUT2D eigenvalue weighted by Gasteiger charge is -2.28. The molecule has 5 nitrogen and oxygen atoms in total. The van der Waals surface area contributed by atoms with Crippen LogP contribution in [0.5, 0.6) is 0 Å². The van der Waals surface area contributed by atoms with Gasteiger partial charge in [0.05, 0.1) is 13.3 Å². The number of hydrogen-bond acceptors (Lipinski definition) is 4. The molecule has 0 aliphatic rings. The van der Waals surface area contributed by atoms with Gasteiger partial charge >= 0.3 is 5.97 Å². The van der Waals surface area contributed by atoms with Crippen molar-refractivity contribution in [1.29, 1.82) is 0 Å². The standard InChI is InChI=1S/C12H21N3O2/c1-8(2)15-7-9(6-14-15)12(3,4)10(13)11(16)17-5/h6-8,10H,13H2,1-5H3. The topological polar surface area (TPSA) is 70.1 Å². The Morgan fingerprint density at radius 2 is 2.12 bits per heavy atom. The van der Waals surface area contributed by atoms with Gasteiger partial charge in [-0.2, -0.15) is 5.10 Å². The number of nitrogens with zero attached hydrogens (tertiary/aromatic N) is 2. The van der Waals surface area contributed by atoms with Gasteiger partial charge in [-0.3, -0.25) is 9.48 Å². The molecule has 0 saturated carbocycles. The van der Waals surface area contributed by atoms with Gasteiger partial charge in [-0.05, 0) is 19.4 Å². The van der Waals surface area contributed by atoms with Crippen molar-refractivity contribution in [1.82, 2.24) is 9.78 Å². The van der Waals surface area contributed by atoms with Crippen molar-refractivity contribution < 1.29 is 9.53 Å². The van der Waals surface area contributed by atoms with Gasteiger partial charge in [-0.15, -0.1) is 0 Å². The number of carbonyl (C=O) groups is 1. The summed E-state index contributed by atoms with van der Waals surface area (Å²) in [6.45, 7) is 7.92. The van der Waals surface area contributed by atoms with E-state index in [1.165, 1.54) is 7.11 Å². The molecule has 1 aromatic heterocycles. The van der Waals surface area contributed by atoms with Crippen molar-refractivity contribution in [2.45, 2.75) is 45.2 Å². The van der Waals surface area contributed by atoms with E-state index in [0.29, 0.717) is 0 Å². The van der Waals surface area contributed by atoms with E-state index < -0.39 is 17.4 Å². The highest BCUT2D eigenvalue weighted by Crippen LogP contribution is 2.27. The van der Waals surface area contributed by atoms with Crippen molar-refractivity contribution in [3.05, 3.63) is 18.0 Å². The van der Waals surface area contributed by atoms with Crippen LogP contribution in [0.4, 0.5) is 0 Å². The minimum absolute atomic E-state index is 0.286. The van der Waals surface area contributed by atoms with Crippen LogP contribution >= 0.6 is 0 Å². The first-order chi connectivity index (χ1) is 7.80. The molecule has 0 spiro atoms. The molecular formula is C12H21N3O2. The molecule has 1 heterocycles. The molecule has 0 saturated heterocycles. The molecule has 2 N–H and O–H groups in total. The first kappa shape index (κ1) is 13.7. The second kappa shape index (κ2) is 4.87. The quantitative estimate of drug-likeness (QED) is 0.803. The smallest absolute Gasteiger partial charge is 0.323 e. The van der Waals surface area contributed by atoms with Crippen LogP contribution in [-0.4, -0.2) is 28.9 Å². The normalized spacial score (nSPS) is 13.8. The first-order valence-electron chi connectivity index (χ1n) is 5.68. The van der Waals surface area contributed by atoms with Gasteiger partial charge in [0, 0.05) is 17.7 Å². The lowest BCUT2D eigenvalue weighted by Crippen LogP contribution is -2.47. The molecule has 96 valence electrons. The Hall–Kier alpha value is -1.36. The molecule has 0 aromatic carbocycles. The van der Waals surface area contributed by atoms with Gasteiger partial charge < -0.3 is 10.5 Å². The molecule has 0 aliphatic carbocycles. The van der Waals surface area contributed by atoms with E-state index in [2.05, 4.69) is 9.84 Å². The third-order valence-corrected chi connectivity index (χ3v) is 3.11. The monoisotopic (exact) mass is 239 g/mol. The number of rotatable bonds is 4. The Balaban J connectivity index is 2.99. The Morgan fingerprint density at radius 1 is 1.53 bits per heavy atom. The summed E-state index contributed by atoms with van der Waals surface area (Å²) in [5.41, 5.74) is 6.35. The number of aromatic nitrogens is 2. The van der Waals surface area contributed by atoms with E-state index in [4.69, 9.17) is 5.73 Å². The van der Waals surface area contributed by atoms with Crippen molar-refractivity contribution in [3.8, 4) is 0 Å². The molecule has 0 radical (unpaired) electrons. The summed E-state index contributed by atoms with van der Waals surface area (Å²) in [6, 6.07) is -0.411. The fraction of sp³-hybridized carbons (Fsp3) is 0.667. The summed E-state index contributed by atoms with van der Waals surface area (Å²) in [6.07, 6.45) is 3.68. The van der Waals surface area contributed by atoms with Crippen LogP contribution in [0.15, 0.2) is 12.4 Å². The summed E-state index contributed by atoms with van der Waals surface area (Å²) in [7, 11) is 1.34. The molecule has 1 unspecified atom stereocenters. The Kier molecular flexibility index (Phi) is 3.93. The summed E-state index contributed by atoms with van der Waals surface area (Å²) < 4.78 is 6.53. The van der Waals surface area contributed by atoms with Crippen LogP contribution in [0.3, 0.4) is 0 Å².